The van der Waals surface area contributed by atoms with Crippen LogP contribution in [0.3, 0.4) is 0 Å². The molecule has 141 valence electrons. The molecule has 0 heterocycles. The van der Waals surface area contributed by atoms with Crippen LogP contribution >= 0.6 is 0 Å². The summed E-state index contributed by atoms with van der Waals surface area (Å²) in [6.07, 6.45) is 3.32. The Morgan fingerprint density at radius 1 is 1.04 bits per heavy atom. The van der Waals surface area contributed by atoms with Gasteiger partial charge in [0.15, 0.2) is 6.10 Å². The highest BCUT2D eigenvalue weighted by Gasteiger charge is 2.29. The molecule has 0 aromatic heterocycles. The van der Waals surface area contributed by atoms with Gasteiger partial charge in [-0.15, -0.1) is 0 Å². The fourth-order valence-corrected chi connectivity index (χ4v) is 2.74. The molecule has 1 radical (unpaired) electrons. The summed E-state index contributed by atoms with van der Waals surface area (Å²) in [4.78, 5) is 11.5. The third-order valence-corrected chi connectivity index (χ3v) is 5.61. The summed E-state index contributed by atoms with van der Waals surface area (Å²) in [5.41, 5.74) is 2.33. The first-order chi connectivity index (χ1) is 11.6. The van der Waals surface area contributed by atoms with E-state index in [-0.39, 0.29) is 10.8 Å². The van der Waals surface area contributed by atoms with Gasteiger partial charge in [-0.1, -0.05) is 67.0 Å². The van der Waals surface area contributed by atoms with Crippen LogP contribution in [0, 0.1) is 0 Å². The standard InChI is InChI=1S/C22H35O3/c1-8-11-12-19(20(23)24)25-18-14-13-16(21(4,5)9-2)15-17(18)22(6,7)10-3/h13-15,19H,8-12H2,1-7H3. The molecule has 0 spiro atoms. The van der Waals surface area contributed by atoms with E-state index in [9.17, 15) is 9.90 Å². The molecule has 0 N–H and O–H groups in total. The first-order valence-electron chi connectivity index (χ1n) is 9.61. The molecule has 3 heteroatoms. The third-order valence-electron chi connectivity index (χ3n) is 5.61. The lowest BCUT2D eigenvalue weighted by Gasteiger charge is -2.31. The highest BCUT2D eigenvalue weighted by atomic mass is 16.5. The molecule has 0 saturated heterocycles. The van der Waals surface area contributed by atoms with Crippen molar-refractivity contribution in [1.29, 1.82) is 0 Å². The van der Waals surface area contributed by atoms with Crippen LogP contribution in [0.25, 0.3) is 0 Å². The fraction of sp³-hybridized carbons (Fsp3) is 0.682. The predicted octanol–water partition coefficient (Wildman–Crippen LogP) is 5.96. The first kappa shape index (κ1) is 21.5. The molecule has 1 unspecified atom stereocenters. The van der Waals surface area contributed by atoms with Crippen molar-refractivity contribution < 1.29 is 14.6 Å². The van der Waals surface area contributed by atoms with E-state index in [4.69, 9.17) is 4.74 Å². The molecule has 25 heavy (non-hydrogen) atoms. The van der Waals surface area contributed by atoms with Crippen molar-refractivity contribution in [2.24, 2.45) is 0 Å². The van der Waals surface area contributed by atoms with Crippen molar-refractivity contribution in [3.8, 4) is 5.75 Å². The molecule has 0 aliphatic rings. The molecule has 0 aliphatic heterocycles. The van der Waals surface area contributed by atoms with E-state index in [2.05, 4.69) is 53.7 Å². The van der Waals surface area contributed by atoms with E-state index in [1.54, 1.807) is 0 Å². The Kier molecular flexibility index (Phi) is 7.52. The molecular weight excluding hydrogens is 312 g/mol. The highest BCUT2D eigenvalue weighted by Crippen LogP contribution is 2.39. The summed E-state index contributed by atoms with van der Waals surface area (Å²) >= 11 is 0. The van der Waals surface area contributed by atoms with Crippen LogP contribution in [-0.2, 0) is 20.7 Å². The topological polar surface area (TPSA) is 46.2 Å². The number of ether oxygens (including phenoxy) is 1. The Bertz CT molecular complexity index is 573. The first-order valence-corrected chi connectivity index (χ1v) is 9.61. The van der Waals surface area contributed by atoms with Gasteiger partial charge in [-0.3, -0.25) is 0 Å². The maximum Gasteiger partial charge on any atom is 0.395 e. The van der Waals surface area contributed by atoms with Crippen molar-refractivity contribution in [1.82, 2.24) is 0 Å². The van der Waals surface area contributed by atoms with Crippen molar-refractivity contribution in [2.75, 3.05) is 0 Å². The molecule has 0 saturated carbocycles. The monoisotopic (exact) mass is 347 g/mol. The molecule has 0 amide bonds. The van der Waals surface area contributed by atoms with E-state index in [0.717, 1.165) is 31.2 Å². The van der Waals surface area contributed by atoms with Gasteiger partial charge in [0.05, 0.1) is 0 Å². The maximum absolute atomic E-state index is 11.5. The molecule has 1 rings (SSSR count). The normalized spacial score (nSPS) is 13.6. The number of benzene rings is 1. The van der Waals surface area contributed by atoms with Gasteiger partial charge in [-0.05, 0) is 48.1 Å². The summed E-state index contributed by atoms with van der Waals surface area (Å²) in [5, 5.41) is 11.5. The molecule has 1 aromatic rings. The molecule has 1 aromatic carbocycles. The zero-order valence-electron chi connectivity index (χ0n) is 17.1. The van der Waals surface area contributed by atoms with Crippen LogP contribution in [0.1, 0.15) is 91.7 Å². The second-order valence-corrected chi connectivity index (χ2v) is 8.25. The van der Waals surface area contributed by atoms with Crippen molar-refractivity contribution in [3.63, 3.8) is 0 Å². The Morgan fingerprint density at radius 2 is 1.64 bits per heavy atom. The quantitative estimate of drug-likeness (QED) is 0.524. The Balaban J connectivity index is 3.32. The molecule has 3 nitrogen and oxygen atoms in total. The van der Waals surface area contributed by atoms with Gasteiger partial charge in [-0.25, -0.2) is 9.90 Å². The maximum atomic E-state index is 11.5. The van der Waals surface area contributed by atoms with Crippen LogP contribution in [-0.4, -0.2) is 12.1 Å². The summed E-state index contributed by atoms with van der Waals surface area (Å²) < 4.78 is 5.94. The van der Waals surface area contributed by atoms with E-state index in [1.807, 2.05) is 13.0 Å². The van der Waals surface area contributed by atoms with Crippen LogP contribution in [0.5, 0.6) is 5.75 Å². The van der Waals surface area contributed by atoms with Gasteiger partial charge in [-0.2, -0.15) is 0 Å². The number of hydrogen-bond donors (Lipinski definition) is 0. The minimum atomic E-state index is -1.13. The number of hydrogen-bond acceptors (Lipinski definition) is 2. The third kappa shape index (κ3) is 5.49. The van der Waals surface area contributed by atoms with Gasteiger partial charge >= 0.3 is 5.97 Å². The van der Waals surface area contributed by atoms with Crippen LogP contribution in [0.4, 0.5) is 0 Å². The average Bonchev–Trinajstić information content (AvgIpc) is 2.58. The molecule has 0 bridgehead atoms. The number of carbonyl (C=O) groups is 1. The summed E-state index contributed by atoms with van der Waals surface area (Å²) in [6, 6.07) is 6.22. The SMILES string of the molecule is CCCCC(Oc1ccc(C(C)(C)CC)cc1C(C)(C)CC)C([O])=O. The van der Waals surface area contributed by atoms with Gasteiger partial charge < -0.3 is 4.74 Å². The van der Waals surface area contributed by atoms with Gasteiger partial charge in [0.1, 0.15) is 5.75 Å². The molecule has 0 fully saturated rings. The van der Waals surface area contributed by atoms with E-state index in [1.165, 1.54) is 5.56 Å². The predicted molar refractivity (Wildman–Crippen MR) is 103 cm³/mol. The second kappa shape index (κ2) is 8.73. The van der Waals surface area contributed by atoms with E-state index in [0.29, 0.717) is 12.2 Å². The molecule has 1 atom stereocenters. The lowest BCUT2D eigenvalue weighted by molar-refractivity contribution is -0.151. The Labute approximate surface area is 153 Å². The van der Waals surface area contributed by atoms with Crippen molar-refractivity contribution in [3.05, 3.63) is 29.3 Å². The summed E-state index contributed by atoms with van der Waals surface area (Å²) in [5.74, 6) is -0.459. The van der Waals surface area contributed by atoms with Gasteiger partial charge in [0, 0.05) is 5.56 Å². The number of unbranched alkanes of at least 4 members (excludes halogenated alkanes) is 1. The zero-order valence-corrected chi connectivity index (χ0v) is 17.1. The Morgan fingerprint density at radius 3 is 2.12 bits per heavy atom. The largest absolute Gasteiger partial charge is 0.478 e. The van der Waals surface area contributed by atoms with E-state index >= 15 is 0 Å². The molecular formula is C22H35O3. The van der Waals surface area contributed by atoms with Crippen LogP contribution in [0.15, 0.2) is 18.2 Å². The lowest BCUT2D eigenvalue weighted by atomic mass is 9.76. The Hall–Kier alpha value is -1.51. The second-order valence-electron chi connectivity index (χ2n) is 8.25. The lowest BCUT2D eigenvalue weighted by Crippen LogP contribution is -2.28. The highest BCUT2D eigenvalue weighted by molar-refractivity contribution is 5.72. The number of carbonyl (C=O) groups excluding carboxylic acids is 1. The van der Waals surface area contributed by atoms with Crippen molar-refractivity contribution >= 4 is 5.97 Å². The zero-order chi connectivity index (χ0) is 19.3. The van der Waals surface area contributed by atoms with Crippen molar-refractivity contribution in [2.45, 2.75) is 97.5 Å². The summed E-state index contributed by atoms with van der Waals surface area (Å²) in [7, 11) is 0. The minimum absolute atomic E-state index is 0.0765. The van der Waals surface area contributed by atoms with Crippen LogP contribution in [0.2, 0.25) is 0 Å². The van der Waals surface area contributed by atoms with Crippen LogP contribution < -0.4 is 4.74 Å². The molecule has 0 aliphatic carbocycles. The minimum Gasteiger partial charge on any atom is -0.478 e. The smallest absolute Gasteiger partial charge is 0.395 e. The van der Waals surface area contributed by atoms with Gasteiger partial charge in [0.25, 0.3) is 0 Å². The van der Waals surface area contributed by atoms with E-state index < -0.39 is 12.1 Å². The summed E-state index contributed by atoms with van der Waals surface area (Å²) in [6.45, 7) is 15.2. The fourth-order valence-electron chi connectivity index (χ4n) is 2.74. The van der Waals surface area contributed by atoms with Gasteiger partial charge in [0.2, 0.25) is 0 Å². The average molecular weight is 348 g/mol. The number of rotatable bonds is 10.